The van der Waals surface area contributed by atoms with E-state index in [0.717, 1.165) is 5.56 Å². The minimum Gasteiger partial charge on any atom is -0.409 e. The summed E-state index contributed by atoms with van der Waals surface area (Å²) >= 11 is 0. The van der Waals surface area contributed by atoms with Gasteiger partial charge < -0.3 is 21.4 Å². The summed E-state index contributed by atoms with van der Waals surface area (Å²) < 4.78 is 0. The number of hydrogen-bond acceptors (Lipinski definition) is 5. The number of oxime groups is 1. The first-order chi connectivity index (χ1) is 9.74. The number of benzene rings is 1. The summed E-state index contributed by atoms with van der Waals surface area (Å²) in [6.07, 6.45) is 1.50. The van der Waals surface area contributed by atoms with E-state index in [1.807, 2.05) is 30.3 Å². The molecule has 0 aliphatic carbocycles. The van der Waals surface area contributed by atoms with Crippen molar-refractivity contribution in [3.63, 3.8) is 0 Å². The minimum atomic E-state index is -0.238. The van der Waals surface area contributed by atoms with Crippen LogP contribution >= 0.6 is 0 Å². The molecule has 2 aromatic rings. The number of rotatable bonds is 5. The summed E-state index contributed by atoms with van der Waals surface area (Å²) in [6.45, 7) is -0.0479. The third-order valence-corrected chi connectivity index (χ3v) is 2.87. The zero-order valence-corrected chi connectivity index (χ0v) is 10.8. The van der Waals surface area contributed by atoms with Gasteiger partial charge in [0.2, 0.25) is 0 Å². The molecule has 0 saturated heterocycles. The minimum absolute atomic E-state index is 0.00539. The quantitative estimate of drug-likeness (QED) is 0.284. The topological polar surface area (TPSA) is 104 Å². The first-order valence-electron chi connectivity index (χ1n) is 6.11. The Kier molecular flexibility index (Phi) is 4.52. The van der Waals surface area contributed by atoms with Crippen molar-refractivity contribution in [2.75, 3.05) is 11.9 Å². The zero-order valence-electron chi connectivity index (χ0n) is 10.8. The summed E-state index contributed by atoms with van der Waals surface area (Å²) in [5.74, 6) is 0.605. The number of anilines is 1. The molecule has 6 nitrogen and oxygen atoms in total. The van der Waals surface area contributed by atoms with Crippen LogP contribution < -0.4 is 11.1 Å². The van der Waals surface area contributed by atoms with Crippen LogP contribution in [0.15, 0.2) is 53.8 Å². The van der Waals surface area contributed by atoms with Crippen LogP contribution in [-0.4, -0.2) is 27.7 Å². The molecule has 1 atom stereocenters. The molecular weight excluding hydrogens is 256 g/mol. The van der Waals surface area contributed by atoms with Gasteiger partial charge >= 0.3 is 0 Å². The summed E-state index contributed by atoms with van der Waals surface area (Å²) in [4.78, 5) is 4.17. The van der Waals surface area contributed by atoms with Crippen LogP contribution in [0.25, 0.3) is 0 Å². The van der Waals surface area contributed by atoms with Gasteiger partial charge in [-0.2, -0.15) is 0 Å². The largest absolute Gasteiger partial charge is 0.409 e. The smallest absolute Gasteiger partial charge is 0.171 e. The summed E-state index contributed by atoms with van der Waals surface area (Å²) in [7, 11) is 0. The molecule has 1 heterocycles. The van der Waals surface area contributed by atoms with Gasteiger partial charge in [-0.1, -0.05) is 35.5 Å². The molecule has 2 rings (SSSR count). The number of amidine groups is 1. The maximum absolute atomic E-state index is 9.46. The van der Waals surface area contributed by atoms with E-state index >= 15 is 0 Å². The molecule has 0 spiro atoms. The predicted molar refractivity (Wildman–Crippen MR) is 76.6 cm³/mol. The van der Waals surface area contributed by atoms with Gasteiger partial charge in [0, 0.05) is 11.8 Å². The molecule has 0 amide bonds. The van der Waals surface area contributed by atoms with Crippen molar-refractivity contribution in [1.29, 1.82) is 0 Å². The molecule has 20 heavy (non-hydrogen) atoms. The van der Waals surface area contributed by atoms with Crippen LogP contribution in [0.3, 0.4) is 0 Å². The molecule has 1 aromatic carbocycles. The van der Waals surface area contributed by atoms with Crippen molar-refractivity contribution in [3.8, 4) is 0 Å². The van der Waals surface area contributed by atoms with E-state index in [0.29, 0.717) is 11.4 Å². The van der Waals surface area contributed by atoms with Gasteiger partial charge in [-0.25, -0.2) is 4.98 Å². The lowest BCUT2D eigenvalue weighted by Crippen LogP contribution is -2.17. The van der Waals surface area contributed by atoms with E-state index < -0.39 is 0 Å². The van der Waals surface area contributed by atoms with Crippen molar-refractivity contribution in [2.45, 2.75) is 6.04 Å². The SMILES string of the molecule is N/C(=N\O)c1ccc(N[C@@H](CO)c2ccccc2)nc1. The maximum Gasteiger partial charge on any atom is 0.171 e. The number of aromatic nitrogens is 1. The number of aliphatic hydroxyl groups excluding tert-OH is 1. The summed E-state index contributed by atoms with van der Waals surface area (Å²) in [5, 5.41) is 24.1. The van der Waals surface area contributed by atoms with Gasteiger partial charge in [-0.05, 0) is 17.7 Å². The number of nitrogens with zero attached hydrogens (tertiary/aromatic N) is 2. The van der Waals surface area contributed by atoms with Crippen LogP contribution in [0.2, 0.25) is 0 Å². The van der Waals surface area contributed by atoms with Crippen molar-refractivity contribution < 1.29 is 10.3 Å². The lowest BCUT2D eigenvalue weighted by Gasteiger charge is -2.17. The lowest BCUT2D eigenvalue weighted by atomic mass is 10.1. The maximum atomic E-state index is 9.46. The molecule has 0 bridgehead atoms. The third-order valence-electron chi connectivity index (χ3n) is 2.87. The van der Waals surface area contributed by atoms with E-state index in [9.17, 15) is 5.11 Å². The van der Waals surface area contributed by atoms with Crippen molar-refractivity contribution >= 4 is 11.7 Å². The van der Waals surface area contributed by atoms with Gasteiger partial charge in [0.1, 0.15) is 5.82 Å². The van der Waals surface area contributed by atoms with Gasteiger partial charge in [-0.15, -0.1) is 0 Å². The fourth-order valence-electron chi connectivity index (χ4n) is 1.79. The standard InChI is InChI=1S/C14H16N4O2/c15-14(18-20)11-6-7-13(16-8-11)17-12(9-19)10-4-2-1-3-5-10/h1-8,12,19-20H,9H2,(H2,15,18)(H,16,17)/t12-/m0/s1. The second-order valence-electron chi connectivity index (χ2n) is 4.21. The van der Waals surface area contributed by atoms with E-state index in [1.54, 1.807) is 12.1 Å². The molecule has 0 aliphatic rings. The molecule has 0 unspecified atom stereocenters. The molecule has 0 fully saturated rings. The summed E-state index contributed by atoms with van der Waals surface area (Å²) in [5.41, 5.74) is 6.96. The normalized spacial score (nSPS) is 12.9. The molecule has 0 aliphatic heterocycles. The highest BCUT2D eigenvalue weighted by atomic mass is 16.4. The molecule has 0 saturated carbocycles. The first kappa shape index (κ1) is 13.8. The zero-order chi connectivity index (χ0) is 14.4. The Morgan fingerprint density at radius 3 is 2.55 bits per heavy atom. The highest BCUT2D eigenvalue weighted by molar-refractivity contribution is 5.96. The highest BCUT2D eigenvalue weighted by Gasteiger charge is 2.10. The van der Waals surface area contributed by atoms with Crippen LogP contribution in [0.5, 0.6) is 0 Å². The molecule has 104 valence electrons. The van der Waals surface area contributed by atoms with Gasteiger partial charge in [0.15, 0.2) is 5.84 Å². The van der Waals surface area contributed by atoms with Crippen LogP contribution in [0.1, 0.15) is 17.2 Å². The van der Waals surface area contributed by atoms with E-state index in [1.165, 1.54) is 6.20 Å². The summed E-state index contributed by atoms with van der Waals surface area (Å²) in [6, 6.07) is 12.8. The van der Waals surface area contributed by atoms with E-state index in [4.69, 9.17) is 10.9 Å². The second kappa shape index (κ2) is 6.53. The molecule has 0 radical (unpaired) electrons. The number of pyridine rings is 1. The third kappa shape index (κ3) is 3.24. The predicted octanol–water partition coefficient (Wildman–Crippen LogP) is 1.32. The number of nitrogens with one attached hydrogen (secondary N) is 1. The van der Waals surface area contributed by atoms with Crippen molar-refractivity contribution in [2.24, 2.45) is 10.9 Å². The Hall–Kier alpha value is -2.60. The second-order valence-corrected chi connectivity index (χ2v) is 4.21. The Morgan fingerprint density at radius 1 is 1.25 bits per heavy atom. The van der Waals surface area contributed by atoms with Crippen molar-refractivity contribution in [3.05, 3.63) is 59.8 Å². The number of hydrogen-bond donors (Lipinski definition) is 4. The van der Waals surface area contributed by atoms with Gasteiger partial charge in [0.25, 0.3) is 0 Å². The molecule has 1 aromatic heterocycles. The van der Waals surface area contributed by atoms with Crippen molar-refractivity contribution in [1.82, 2.24) is 4.98 Å². The van der Waals surface area contributed by atoms with Crippen LogP contribution in [0, 0.1) is 0 Å². The van der Waals surface area contributed by atoms with E-state index in [2.05, 4.69) is 15.5 Å². The van der Waals surface area contributed by atoms with Gasteiger partial charge in [0.05, 0.1) is 12.6 Å². The fourth-order valence-corrected chi connectivity index (χ4v) is 1.79. The van der Waals surface area contributed by atoms with Gasteiger partial charge in [-0.3, -0.25) is 0 Å². The molecule has 5 N–H and O–H groups in total. The average Bonchev–Trinajstić information content (AvgIpc) is 2.53. The van der Waals surface area contributed by atoms with Crippen LogP contribution in [-0.2, 0) is 0 Å². The molecular formula is C14H16N4O2. The van der Waals surface area contributed by atoms with Crippen LogP contribution in [0.4, 0.5) is 5.82 Å². The highest BCUT2D eigenvalue weighted by Crippen LogP contribution is 2.17. The Labute approximate surface area is 116 Å². The average molecular weight is 272 g/mol. The molecule has 6 heteroatoms. The number of aliphatic hydroxyl groups is 1. The number of nitrogens with two attached hydrogens (primary N) is 1. The Bertz CT molecular complexity index is 569. The lowest BCUT2D eigenvalue weighted by molar-refractivity contribution is 0.276. The fraction of sp³-hybridized carbons (Fsp3) is 0.143. The Balaban J connectivity index is 2.12. The monoisotopic (exact) mass is 272 g/mol. The van der Waals surface area contributed by atoms with E-state index in [-0.39, 0.29) is 18.5 Å². The first-order valence-corrected chi connectivity index (χ1v) is 6.11. The Morgan fingerprint density at radius 2 is 2.00 bits per heavy atom.